The predicted molar refractivity (Wildman–Crippen MR) is 282 cm³/mol. The molecular formula is C59H105NO5. The Kier molecular flexibility index (Phi) is 50.1. The van der Waals surface area contributed by atoms with Crippen LogP contribution in [0, 0.1) is 0 Å². The van der Waals surface area contributed by atoms with Gasteiger partial charge in [-0.2, -0.15) is 0 Å². The molecule has 0 heterocycles. The van der Waals surface area contributed by atoms with Gasteiger partial charge in [0.15, 0.2) is 0 Å². The number of carbonyl (C=O) groups is 2. The number of unbranched alkanes of at least 4 members (excludes halogenated alkanes) is 27. The van der Waals surface area contributed by atoms with Gasteiger partial charge < -0.3 is 20.3 Å². The van der Waals surface area contributed by atoms with Crippen LogP contribution < -0.4 is 5.32 Å². The lowest BCUT2D eigenvalue weighted by atomic mass is 10.0. The fourth-order valence-corrected chi connectivity index (χ4v) is 8.09. The number of allylic oxidation sites excluding steroid dienone is 11. The molecule has 0 aromatic rings. The molecule has 0 saturated carbocycles. The van der Waals surface area contributed by atoms with Gasteiger partial charge in [0.1, 0.15) is 6.10 Å². The summed E-state index contributed by atoms with van der Waals surface area (Å²) in [5.41, 5.74) is 0. The third kappa shape index (κ3) is 47.6. The molecule has 3 N–H and O–H groups in total. The molecule has 0 spiro atoms. The van der Waals surface area contributed by atoms with Gasteiger partial charge in [-0.15, -0.1) is 0 Å². The van der Waals surface area contributed by atoms with Crippen LogP contribution in [0.2, 0.25) is 0 Å². The van der Waals surface area contributed by atoms with Crippen LogP contribution in [0.4, 0.5) is 0 Å². The number of nitrogens with one attached hydrogen (secondary N) is 1. The summed E-state index contributed by atoms with van der Waals surface area (Å²) in [4.78, 5) is 26.1. The van der Waals surface area contributed by atoms with E-state index in [2.05, 4.69) is 86.8 Å². The molecule has 0 fully saturated rings. The number of rotatable bonds is 49. The van der Waals surface area contributed by atoms with Gasteiger partial charge in [0, 0.05) is 6.42 Å². The van der Waals surface area contributed by atoms with Gasteiger partial charge in [-0.05, 0) is 76.7 Å². The van der Waals surface area contributed by atoms with Crippen molar-refractivity contribution in [2.45, 2.75) is 283 Å². The largest absolute Gasteiger partial charge is 0.458 e. The summed E-state index contributed by atoms with van der Waals surface area (Å²) < 4.78 is 5.83. The molecule has 0 aromatic carbocycles. The van der Waals surface area contributed by atoms with Crippen molar-refractivity contribution in [2.24, 2.45) is 0 Å². The van der Waals surface area contributed by atoms with E-state index in [9.17, 15) is 19.8 Å². The Bertz CT molecular complexity index is 1200. The molecule has 0 aliphatic heterocycles. The molecule has 3 unspecified atom stereocenters. The van der Waals surface area contributed by atoms with Crippen molar-refractivity contribution < 1.29 is 24.5 Å². The quantitative estimate of drug-likeness (QED) is 0.0321. The van der Waals surface area contributed by atoms with E-state index in [1.54, 1.807) is 6.08 Å². The van der Waals surface area contributed by atoms with E-state index in [0.29, 0.717) is 19.3 Å². The molecule has 6 nitrogen and oxygen atoms in total. The number of ether oxygens (including phenoxy) is 1. The normalized spacial score (nSPS) is 13.7. The zero-order valence-electron chi connectivity index (χ0n) is 42.9. The maximum absolute atomic E-state index is 13.2. The first kappa shape index (κ1) is 62.3. The standard InChI is InChI=1S/C59H105NO5/c1-4-7-10-13-16-19-22-25-28-29-30-31-34-37-40-43-46-49-52-59(64)65-55(50-47-44-41-38-35-32-26-23-20-17-14-11-8-5-2)53-58(63)60-56(54-61)57(62)51-48-45-42-39-36-33-27-24-21-18-15-12-9-6-3/h8,11,17,20,26,30-32,38,41,47,50,55-57,61-62H,4-7,9-10,12-16,18-19,21-25,27-29,33-37,39-40,42-46,48-49,51-54H2,1-3H3,(H,60,63)/b11-8+,20-17+,31-30+,32-26+,41-38+,50-47+. The van der Waals surface area contributed by atoms with Crippen LogP contribution in [0.3, 0.4) is 0 Å². The van der Waals surface area contributed by atoms with Gasteiger partial charge in [0.25, 0.3) is 0 Å². The van der Waals surface area contributed by atoms with Gasteiger partial charge in [-0.3, -0.25) is 9.59 Å². The maximum atomic E-state index is 13.2. The average molecular weight is 908 g/mol. The lowest BCUT2D eigenvalue weighted by Gasteiger charge is -2.23. The van der Waals surface area contributed by atoms with Crippen molar-refractivity contribution >= 4 is 11.9 Å². The Morgan fingerprint density at radius 1 is 0.477 bits per heavy atom. The van der Waals surface area contributed by atoms with Crippen LogP contribution in [0.5, 0.6) is 0 Å². The van der Waals surface area contributed by atoms with E-state index in [1.165, 1.54) is 141 Å². The molecule has 0 aliphatic rings. The molecule has 0 rings (SSSR count). The lowest BCUT2D eigenvalue weighted by Crippen LogP contribution is -2.46. The second-order valence-corrected chi connectivity index (χ2v) is 18.6. The van der Waals surface area contributed by atoms with Crippen LogP contribution >= 0.6 is 0 Å². The summed E-state index contributed by atoms with van der Waals surface area (Å²) in [5.74, 6) is -0.635. The predicted octanol–water partition coefficient (Wildman–Crippen LogP) is 17.0. The minimum atomic E-state index is -0.823. The molecule has 0 radical (unpaired) electrons. The summed E-state index contributed by atoms with van der Waals surface area (Å²) in [6, 6.07) is -0.746. The molecular weight excluding hydrogens is 803 g/mol. The number of esters is 1. The van der Waals surface area contributed by atoms with Gasteiger partial charge in [-0.1, -0.05) is 248 Å². The molecule has 0 saturated heterocycles. The monoisotopic (exact) mass is 908 g/mol. The molecule has 6 heteroatoms. The number of aliphatic hydroxyl groups is 2. The topological polar surface area (TPSA) is 95.9 Å². The molecule has 3 atom stereocenters. The van der Waals surface area contributed by atoms with Gasteiger partial charge in [0.2, 0.25) is 5.91 Å². The molecule has 65 heavy (non-hydrogen) atoms. The lowest BCUT2D eigenvalue weighted by molar-refractivity contribution is -0.148. The van der Waals surface area contributed by atoms with E-state index in [1.807, 2.05) is 6.08 Å². The highest BCUT2D eigenvalue weighted by Gasteiger charge is 2.23. The van der Waals surface area contributed by atoms with Crippen molar-refractivity contribution in [3.8, 4) is 0 Å². The van der Waals surface area contributed by atoms with Crippen molar-refractivity contribution in [1.29, 1.82) is 0 Å². The van der Waals surface area contributed by atoms with Crippen molar-refractivity contribution in [3.05, 3.63) is 72.9 Å². The summed E-state index contributed by atoms with van der Waals surface area (Å²) in [7, 11) is 0. The second-order valence-electron chi connectivity index (χ2n) is 18.6. The van der Waals surface area contributed by atoms with E-state index in [-0.39, 0.29) is 24.9 Å². The van der Waals surface area contributed by atoms with E-state index in [4.69, 9.17) is 4.74 Å². The van der Waals surface area contributed by atoms with E-state index < -0.39 is 18.2 Å². The first-order valence-electron chi connectivity index (χ1n) is 27.7. The van der Waals surface area contributed by atoms with E-state index in [0.717, 1.165) is 77.0 Å². The minimum Gasteiger partial charge on any atom is -0.458 e. The van der Waals surface area contributed by atoms with Crippen molar-refractivity contribution in [1.82, 2.24) is 5.32 Å². The van der Waals surface area contributed by atoms with Crippen LogP contribution in [0.1, 0.15) is 265 Å². The smallest absolute Gasteiger partial charge is 0.306 e. The second kappa shape index (κ2) is 52.3. The zero-order valence-corrected chi connectivity index (χ0v) is 42.9. The van der Waals surface area contributed by atoms with Crippen LogP contribution in [-0.2, 0) is 14.3 Å². The number of carbonyl (C=O) groups excluding carboxylic acids is 2. The molecule has 1 amide bonds. The minimum absolute atomic E-state index is 0.0504. The Morgan fingerprint density at radius 3 is 1.29 bits per heavy atom. The highest BCUT2D eigenvalue weighted by atomic mass is 16.5. The zero-order chi connectivity index (χ0) is 47.4. The number of hydrogen-bond acceptors (Lipinski definition) is 5. The van der Waals surface area contributed by atoms with Crippen molar-refractivity contribution in [3.63, 3.8) is 0 Å². The Morgan fingerprint density at radius 2 is 0.862 bits per heavy atom. The average Bonchev–Trinajstić information content (AvgIpc) is 3.30. The van der Waals surface area contributed by atoms with Crippen LogP contribution in [0.15, 0.2) is 72.9 Å². The molecule has 0 aliphatic carbocycles. The van der Waals surface area contributed by atoms with Crippen molar-refractivity contribution in [2.75, 3.05) is 6.61 Å². The van der Waals surface area contributed by atoms with Gasteiger partial charge >= 0.3 is 5.97 Å². The Hall–Kier alpha value is -2.70. The number of aliphatic hydroxyl groups excluding tert-OH is 2. The molecule has 376 valence electrons. The maximum Gasteiger partial charge on any atom is 0.306 e. The first-order chi connectivity index (χ1) is 32.0. The Balaban J connectivity index is 4.68. The fraction of sp³-hybridized carbons (Fsp3) is 0.763. The summed E-state index contributed by atoms with van der Waals surface area (Å²) in [5, 5.41) is 23.8. The number of hydrogen-bond donors (Lipinski definition) is 3. The number of amides is 1. The fourth-order valence-electron chi connectivity index (χ4n) is 8.09. The first-order valence-corrected chi connectivity index (χ1v) is 27.7. The summed E-state index contributed by atoms with van der Waals surface area (Å²) >= 11 is 0. The van der Waals surface area contributed by atoms with E-state index >= 15 is 0 Å². The third-order valence-corrected chi connectivity index (χ3v) is 12.3. The Labute approximate surface area is 402 Å². The highest BCUT2D eigenvalue weighted by Crippen LogP contribution is 2.16. The summed E-state index contributed by atoms with van der Waals surface area (Å²) in [6.07, 6.45) is 67.1. The van der Waals surface area contributed by atoms with Gasteiger partial charge in [0.05, 0.1) is 25.2 Å². The SMILES string of the molecule is CC/C=C/C/C=C/C/C=C/C/C=C/C/C=C/C(CC(=O)NC(CO)C(O)CCCCCCCCCCCCCCCC)OC(=O)CCCCCCC/C=C/CCCCCCCCCCC. The van der Waals surface area contributed by atoms with Crippen LogP contribution in [-0.4, -0.2) is 46.9 Å². The van der Waals surface area contributed by atoms with Gasteiger partial charge in [-0.25, -0.2) is 0 Å². The third-order valence-electron chi connectivity index (χ3n) is 12.3. The molecule has 0 aromatic heterocycles. The van der Waals surface area contributed by atoms with Crippen LogP contribution in [0.25, 0.3) is 0 Å². The summed E-state index contributed by atoms with van der Waals surface area (Å²) in [6.45, 7) is 6.35. The molecule has 0 bridgehead atoms. The highest BCUT2D eigenvalue weighted by molar-refractivity contribution is 5.78.